The Morgan fingerprint density at radius 1 is 1.07 bits per heavy atom. The van der Waals surface area contributed by atoms with E-state index in [9.17, 15) is 21.6 Å². The second-order valence-electron chi connectivity index (χ2n) is 12.7. The minimum atomic E-state index is -4.58. The van der Waals surface area contributed by atoms with Crippen LogP contribution in [-0.4, -0.2) is 72.0 Å². The molecule has 0 radical (unpaired) electrons. The molecule has 2 spiro atoms. The second-order valence-corrected chi connectivity index (χ2v) is 16.7. The van der Waals surface area contributed by atoms with Gasteiger partial charge in [0, 0.05) is 30.4 Å². The quantitative estimate of drug-likeness (QED) is 0.223. The Labute approximate surface area is 258 Å². The third kappa shape index (κ3) is 5.74. The molecule has 3 aliphatic heterocycles. The number of nitrogens with one attached hydrogen (secondary N) is 1. The molecule has 0 amide bonds. The van der Waals surface area contributed by atoms with Gasteiger partial charge < -0.3 is 15.0 Å². The van der Waals surface area contributed by atoms with Crippen molar-refractivity contribution in [3.63, 3.8) is 0 Å². The molecule has 1 atom stereocenters. The summed E-state index contributed by atoms with van der Waals surface area (Å²) in [5.41, 5.74) is 0.556. The van der Waals surface area contributed by atoms with Gasteiger partial charge in [0.15, 0.2) is 9.84 Å². The summed E-state index contributed by atoms with van der Waals surface area (Å²) in [6.45, 7) is 8.24. The summed E-state index contributed by atoms with van der Waals surface area (Å²) >= 11 is 2.43. The molecular weight excluding hydrogens is 682 g/mol. The molecule has 230 valence electrons. The first kappa shape index (κ1) is 30.3. The standard InChI is InChI=1S/C29H37F3IN5O3S/c1-19-13-21(42(39,40)22-14-27(15-22)5-9-37(10-6-27)20(2)33)3-4-24(19)35-26-34-16-23(29(30,31)32)25(36-26)38-11-7-28(8-12-38)17-41-18-28/h3-4,13,16,20,22H,5-12,14-15,17-18H2,1-2H3,(H,34,35,36)/t20-/m0/s1. The van der Waals surface area contributed by atoms with Gasteiger partial charge in [-0.05, 0) is 94.6 Å². The van der Waals surface area contributed by atoms with Crippen molar-refractivity contribution >= 4 is 49.9 Å². The number of likely N-dealkylation sites (tertiary alicyclic amines) is 1. The molecule has 1 aromatic carbocycles. The summed E-state index contributed by atoms with van der Waals surface area (Å²) in [4.78, 5) is 12.7. The zero-order chi connectivity index (χ0) is 29.9. The van der Waals surface area contributed by atoms with E-state index in [0.717, 1.165) is 45.0 Å². The van der Waals surface area contributed by atoms with Crippen molar-refractivity contribution in [1.29, 1.82) is 0 Å². The van der Waals surface area contributed by atoms with Crippen LogP contribution in [0.5, 0.6) is 0 Å². The first-order valence-electron chi connectivity index (χ1n) is 14.6. The number of aryl methyl sites for hydroxylation is 1. The number of piperidine rings is 2. The van der Waals surface area contributed by atoms with Crippen molar-refractivity contribution in [3.8, 4) is 0 Å². The summed E-state index contributed by atoms with van der Waals surface area (Å²) in [5, 5.41) is 2.65. The minimum Gasteiger partial charge on any atom is -0.380 e. The molecule has 1 aromatic heterocycles. The van der Waals surface area contributed by atoms with Gasteiger partial charge in [0.1, 0.15) is 11.4 Å². The summed E-state index contributed by atoms with van der Waals surface area (Å²) in [5.74, 6) is -0.0956. The fourth-order valence-electron chi connectivity index (χ4n) is 6.90. The fourth-order valence-corrected chi connectivity index (χ4v) is 9.59. The van der Waals surface area contributed by atoms with Gasteiger partial charge >= 0.3 is 6.18 Å². The van der Waals surface area contributed by atoms with Crippen LogP contribution in [0.1, 0.15) is 56.6 Å². The molecule has 6 rings (SSSR count). The van der Waals surface area contributed by atoms with Gasteiger partial charge in [0.2, 0.25) is 5.95 Å². The first-order chi connectivity index (χ1) is 19.8. The van der Waals surface area contributed by atoms with Gasteiger partial charge in [-0.2, -0.15) is 18.2 Å². The van der Waals surface area contributed by atoms with E-state index >= 15 is 0 Å². The average Bonchev–Trinajstić information content (AvgIpc) is 2.91. The molecule has 13 heteroatoms. The van der Waals surface area contributed by atoms with Crippen LogP contribution >= 0.6 is 22.6 Å². The SMILES string of the molecule is Cc1cc(S(=O)(=O)C2CC3(CCN([C@@H](C)I)CC3)C2)ccc1Nc1ncc(C(F)(F)F)c(N2CCC3(CC2)COC3)n1. The third-order valence-corrected chi connectivity index (χ3v) is 12.8. The molecule has 4 heterocycles. The van der Waals surface area contributed by atoms with E-state index in [1.807, 2.05) is 0 Å². The molecule has 8 nitrogen and oxygen atoms in total. The highest BCUT2D eigenvalue weighted by atomic mass is 127. The van der Waals surface area contributed by atoms with Gasteiger partial charge in [0.05, 0.1) is 27.4 Å². The number of benzene rings is 1. The summed E-state index contributed by atoms with van der Waals surface area (Å²) in [7, 11) is -3.48. The first-order valence-corrected chi connectivity index (χ1v) is 17.4. The van der Waals surface area contributed by atoms with E-state index in [1.54, 1.807) is 30.0 Å². The predicted molar refractivity (Wildman–Crippen MR) is 163 cm³/mol. The maximum atomic E-state index is 13.9. The number of ether oxygens (including phenoxy) is 1. The lowest BCUT2D eigenvalue weighted by molar-refractivity contribution is -0.138. The van der Waals surface area contributed by atoms with E-state index < -0.39 is 21.6 Å². The Balaban J connectivity index is 1.15. The molecule has 1 aliphatic carbocycles. The Hall–Kier alpha value is -1.71. The smallest absolute Gasteiger partial charge is 0.380 e. The predicted octanol–water partition coefficient (Wildman–Crippen LogP) is 5.96. The number of hydrogen-bond acceptors (Lipinski definition) is 8. The van der Waals surface area contributed by atoms with Crippen LogP contribution in [0.15, 0.2) is 29.3 Å². The molecule has 1 N–H and O–H groups in total. The number of aromatic nitrogens is 2. The highest BCUT2D eigenvalue weighted by Crippen LogP contribution is 2.53. The molecule has 1 saturated carbocycles. The zero-order valence-corrected chi connectivity index (χ0v) is 26.9. The Morgan fingerprint density at radius 2 is 1.71 bits per heavy atom. The van der Waals surface area contributed by atoms with E-state index in [2.05, 4.69) is 49.7 Å². The minimum absolute atomic E-state index is 0.0390. The van der Waals surface area contributed by atoms with Crippen molar-refractivity contribution < 1.29 is 26.3 Å². The van der Waals surface area contributed by atoms with Gasteiger partial charge in [0.25, 0.3) is 0 Å². The summed E-state index contributed by atoms with van der Waals surface area (Å²) < 4.78 is 74.4. The lowest BCUT2D eigenvalue weighted by Crippen LogP contribution is -2.52. The highest BCUT2D eigenvalue weighted by molar-refractivity contribution is 14.1. The van der Waals surface area contributed by atoms with Crippen LogP contribution in [0.2, 0.25) is 0 Å². The number of anilines is 3. The largest absolute Gasteiger partial charge is 0.421 e. The van der Waals surface area contributed by atoms with E-state index in [1.165, 1.54) is 0 Å². The van der Waals surface area contributed by atoms with E-state index in [-0.39, 0.29) is 32.7 Å². The van der Waals surface area contributed by atoms with Crippen LogP contribution in [0.4, 0.5) is 30.6 Å². The Kier molecular flexibility index (Phi) is 7.96. The molecule has 3 saturated heterocycles. The van der Waals surface area contributed by atoms with Crippen LogP contribution in [-0.2, 0) is 20.8 Å². The van der Waals surface area contributed by atoms with Crippen LogP contribution in [0.25, 0.3) is 0 Å². The number of nitrogens with zero attached hydrogens (tertiary/aromatic N) is 4. The maximum absolute atomic E-state index is 13.9. The van der Waals surface area contributed by atoms with Crippen molar-refractivity contribution in [3.05, 3.63) is 35.5 Å². The third-order valence-electron chi connectivity index (χ3n) is 9.91. The topological polar surface area (TPSA) is 87.7 Å². The summed E-state index contributed by atoms with van der Waals surface area (Å²) in [6.07, 6.45) is 1.23. The van der Waals surface area contributed by atoms with Crippen molar-refractivity contribution in [2.75, 3.05) is 49.6 Å². The zero-order valence-electron chi connectivity index (χ0n) is 23.9. The van der Waals surface area contributed by atoms with E-state index in [4.69, 9.17) is 4.74 Å². The molecule has 4 fully saturated rings. The average molecular weight is 720 g/mol. The lowest BCUT2D eigenvalue weighted by atomic mass is 9.63. The fraction of sp³-hybridized carbons (Fsp3) is 0.655. The monoisotopic (exact) mass is 719 g/mol. The normalized spacial score (nSPS) is 23.4. The van der Waals surface area contributed by atoms with Crippen molar-refractivity contribution in [2.24, 2.45) is 10.8 Å². The van der Waals surface area contributed by atoms with Gasteiger partial charge in [-0.3, -0.25) is 4.90 Å². The maximum Gasteiger partial charge on any atom is 0.421 e. The second kappa shape index (κ2) is 11.0. The molecule has 2 aromatic rings. The number of hydrogen-bond donors (Lipinski definition) is 1. The van der Waals surface area contributed by atoms with Gasteiger partial charge in [-0.1, -0.05) is 22.6 Å². The number of alkyl halides is 4. The van der Waals surface area contributed by atoms with Crippen LogP contribution in [0.3, 0.4) is 0 Å². The molecule has 42 heavy (non-hydrogen) atoms. The Morgan fingerprint density at radius 3 is 2.26 bits per heavy atom. The van der Waals surface area contributed by atoms with Crippen LogP contribution < -0.4 is 10.2 Å². The van der Waals surface area contributed by atoms with Gasteiger partial charge in [-0.15, -0.1) is 0 Å². The summed E-state index contributed by atoms with van der Waals surface area (Å²) in [6, 6.07) is 4.86. The van der Waals surface area contributed by atoms with Crippen molar-refractivity contribution in [2.45, 2.75) is 72.7 Å². The molecule has 0 bridgehead atoms. The molecule has 4 aliphatic rings. The van der Waals surface area contributed by atoms with Crippen molar-refractivity contribution in [1.82, 2.24) is 14.9 Å². The van der Waals surface area contributed by atoms with Gasteiger partial charge in [-0.25, -0.2) is 13.4 Å². The van der Waals surface area contributed by atoms with E-state index in [0.29, 0.717) is 54.4 Å². The highest BCUT2D eigenvalue weighted by Gasteiger charge is 2.51. The lowest BCUT2D eigenvalue weighted by Gasteiger charge is -2.52. The van der Waals surface area contributed by atoms with Crippen LogP contribution in [0, 0.1) is 17.8 Å². The molecule has 0 unspecified atom stereocenters. The number of halogens is 4. The number of sulfone groups is 1. The number of rotatable bonds is 6. The Bertz CT molecular complexity index is 1420. The molecular formula is C29H37F3IN5O3S.